The lowest BCUT2D eigenvalue weighted by atomic mass is 9.97. The number of hydrogen-bond donors (Lipinski definition) is 0. The Bertz CT molecular complexity index is 1370. The van der Waals surface area contributed by atoms with E-state index >= 15 is 4.39 Å². The molecule has 6 heteroatoms. The van der Waals surface area contributed by atoms with Gasteiger partial charge in [0.25, 0.3) is 0 Å². The molecule has 0 atom stereocenters. The molecule has 1 aromatic heterocycles. The van der Waals surface area contributed by atoms with Crippen LogP contribution in [0.25, 0.3) is 10.8 Å². The minimum atomic E-state index is -0.896. The lowest BCUT2D eigenvalue weighted by Gasteiger charge is -2.09. The highest BCUT2D eigenvalue weighted by atomic mass is 19.1. The number of halogens is 3. The van der Waals surface area contributed by atoms with E-state index in [-0.39, 0.29) is 12.2 Å². The summed E-state index contributed by atoms with van der Waals surface area (Å²) in [4.78, 5) is 8.99. The van der Waals surface area contributed by atoms with Crippen molar-refractivity contribution >= 4 is 10.8 Å². The average molecular weight is 488 g/mol. The monoisotopic (exact) mass is 487 g/mol. The molecule has 0 fully saturated rings. The Hall–Kier alpha value is -3.72. The number of nitrogens with zero attached hydrogens (tertiary/aromatic N) is 3. The van der Waals surface area contributed by atoms with Gasteiger partial charge in [-0.1, -0.05) is 50.1 Å². The Kier molecular flexibility index (Phi) is 8.32. The fraction of sp³-hybridized carbons (Fsp3) is 0.300. The topological polar surface area (TPSA) is 49.6 Å². The van der Waals surface area contributed by atoms with E-state index in [0.717, 1.165) is 48.2 Å². The van der Waals surface area contributed by atoms with Gasteiger partial charge in [-0.25, -0.2) is 23.1 Å². The van der Waals surface area contributed by atoms with Gasteiger partial charge in [-0.3, -0.25) is 0 Å². The maximum atomic E-state index is 15.2. The molecule has 0 amide bonds. The fourth-order valence-electron chi connectivity index (χ4n) is 4.37. The van der Waals surface area contributed by atoms with E-state index < -0.39 is 17.2 Å². The van der Waals surface area contributed by atoms with Crippen molar-refractivity contribution in [3.05, 3.63) is 106 Å². The van der Waals surface area contributed by atoms with Crippen LogP contribution >= 0.6 is 0 Å². The molecule has 0 unspecified atom stereocenters. The van der Waals surface area contributed by atoms with Crippen LogP contribution in [0, 0.1) is 28.8 Å². The van der Waals surface area contributed by atoms with E-state index in [1.54, 1.807) is 12.1 Å². The minimum Gasteiger partial charge on any atom is -0.241 e. The van der Waals surface area contributed by atoms with Gasteiger partial charge in [0.1, 0.15) is 34.9 Å². The van der Waals surface area contributed by atoms with Gasteiger partial charge in [-0.2, -0.15) is 5.26 Å². The molecule has 0 saturated heterocycles. The fourth-order valence-corrected chi connectivity index (χ4v) is 4.37. The normalized spacial score (nSPS) is 11.1. The molecule has 0 aliphatic carbocycles. The van der Waals surface area contributed by atoms with Crippen LogP contribution in [-0.4, -0.2) is 9.97 Å². The summed E-state index contributed by atoms with van der Waals surface area (Å²) in [5.74, 6) is -1.32. The van der Waals surface area contributed by atoms with Gasteiger partial charge in [0.15, 0.2) is 0 Å². The van der Waals surface area contributed by atoms with Crippen molar-refractivity contribution in [1.29, 1.82) is 5.26 Å². The van der Waals surface area contributed by atoms with Gasteiger partial charge in [0.05, 0.1) is 0 Å². The summed E-state index contributed by atoms with van der Waals surface area (Å²) < 4.78 is 42.9. The second-order valence-corrected chi connectivity index (χ2v) is 9.11. The van der Waals surface area contributed by atoms with Crippen molar-refractivity contribution in [2.75, 3.05) is 0 Å². The molecule has 0 bridgehead atoms. The number of fused-ring (bicyclic) bond motifs is 1. The van der Waals surface area contributed by atoms with Crippen LogP contribution in [-0.2, 0) is 32.1 Å². The van der Waals surface area contributed by atoms with E-state index in [1.165, 1.54) is 24.5 Å². The molecule has 0 aliphatic heterocycles. The minimum absolute atomic E-state index is 0.261. The van der Waals surface area contributed by atoms with Crippen LogP contribution in [0.4, 0.5) is 13.2 Å². The molecule has 0 aliphatic rings. The zero-order chi connectivity index (χ0) is 25.5. The van der Waals surface area contributed by atoms with Crippen molar-refractivity contribution in [2.24, 2.45) is 0 Å². The summed E-state index contributed by atoms with van der Waals surface area (Å²) in [6.45, 7) is 2.19. The number of nitriles is 1. The van der Waals surface area contributed by atoms with E-state index in [4.69, 9.17) is 5.26 Å². The van der Waals surface area contributed by atoms with Gasteiger partial charge in [0.2, 0.25) is 0 Å². The number of aromatic nitrogens is 2. The predicted octanol–water partition coefficient (Wildman–Crippen LogP) is 7.22. The smallest absolute Gasteiger partial charge is 0.144 e. The summed E-state index contributed by atoms with van der Waals surface area (Å²) in [5, 5.41) is 10.1. The molecule has 36 heavy (non-hydrogen) atoms. The molecule has 0 saturated carbocycles. The lowest BCUT2D eigenvalue weighted by molar-refractivity contribution is 0.572. The largest absolute Gasteiger partial charge is 0.241 e. The van der Waals surface area contributed by atoms with Crippen LogP contribution in [0.2, 0.25) is 0 Å². The second kappa shape index (κ2) is 11.8. The molecule has 4 rings (SSSR count). The third-order valence-electron chi connectivity index (χ3n) is 6.46. The Balaban J connectivity index is 1.40. The predicted molar refractivity (Wildman–Crippen MR) is 135 cm³/mol. The first-order valence-electron chi connectivity index (χ1n) is 12.4. The van der Waals surface area contributed by atoms with Crippen molar-refractivity contribution < 1.29 is 13.2 Å². The van der Waals surface area contributed by atoms with Gasteiger partial charge < -0.3 is 0 Å². The highest BCUT2D eigenvalue weighted by Gasteiger charge is 2.13. The highest BCUT2D eigenvalue weighted by molar-refractivity contribution is 5.84. The maximum absolute atomic E-state index is 15.2. The Morgan fingerprint density at radius 1 is 0.750 bits per heavy atom. The highest BCUT2D eigenvalue weighted by Crippen LogP contribution is 2.25. The quantitative estimate of drug-likeness (QED) is 0.222. The number of hydrogen-bond acceptors (Lipinski definition) is 3. The Labute approximate surface area is 209 Å². The number of aryl methyl sites for hydroxylation is 5. The number of benzene rings is 3. The summed E-state index contributed by atoms with van der Waals surface area (Å²) in [5.41, 5.74) is 2.51. The summed E-state index contributed by atoms with van der Waals surface area (Å²) in [6.07, 6.45) is 10.4. The van der Waals surface area contributed by atoms with Crippen molar-refractivity contribution in [1.82, 2.24) is 9.97 Å². The van der Waals surface area contributed by atoms with E-state index in [9.17, 15) is 8.78 Å². The van der Waals surface area contributed by atoms with Crippen molar-refractivity contribution in [2.45, 2.75) is 58.3 Å². The van der Waals surface area contributed by atoms with E-state index in [0.29, 0.717) is 29.4 Å². The molecular weight excluding hydrogens is 459 g/mol. The third-order valence-corrected chi connectivity index (χ3v) is 6.46. The van der Waals surface area contributed by atoms with Crippen LogP contribution in [0.15, 0.2) is 54.9 Å². The zero-order valence-electron chi connectivity index (χ0n) is 20.3. The zero-order valence-corrected chi connectivity index (χ0v) is 20.3. The average Bonchev–Trinajstić information content (AvgIpc) is 2.88. The van der Waals surface area contributed by atoms with Gasteiger partial charge >= 0.3 is 0 Å². The summed E-state index contributed by atoms with van der Waals surface area (Å²) >= 11 is 0. The molecular formula is C30H28F3N3. The maximum Gasteiger partial charge on any atom is 0.144 e. The van der Waals surface area contributed by atoms with Gasteiger partial charge in [-0.05, 0) is 71.9 Å². The molecule has 3 nitrogen and oxygen atoms in total. The van der Waals surface area contributed by atoms with Gasteiger partial charge in [-0.15, -0.1) is 0 Å². The summed E-state index contributed by atoms with van der Waals surface area (Å²) in [7, 11) is 0. The Morgan fingerprint density at radius 3 is 2.17 bits per heavy atom. The molecule has 184 valence electrons. The lowest BCUT2D eigenvalue weighted by Crippen LogP contribution is -2.00. The first-order chi connectivity index (χ1) is 17.5. The second-order valence-electron chi connectivity index (χ2n) is 9.11. The molecule has 0 N–H and O–H groups in total. The molecule has 4 aromatic rings. The first kappa shape index (κ1) is 25.4. The van der Waals surface area contributed by atoms with Crippen molar-refractivity contribution in [3.8, 4) is 6.07 Å². The van der Waals surface area contributed by atoms with Crippen LogP contribution in [0.1, 0.15) is 59.8 Å². The Morgan fingerprint density at radius 2 is 1.47 bits per heavy atom. The molecule has 1 heterocycles. The van der Waals surface area contributed by atoms with E-state index in [1.807, 2.05) is 30.6 Å². The van der Waals surface area contributed by atoms with Crippen LogP contribution in [0.3, 0.4) is 0 Å². The molecule has 0 radical (unpaired) electrons. The van der Waals surface area contributed by atoms with Crippen LogP contribution < -0.4 is 0 Å². The third kappa shape index (κ3) is 6.09. The SMILES string of the molecule is CCCCCc1cnc(CCc2ccc3c(F)c(CCc4cc(F)c(C#N)c(F)c4)ccc3c2)nc1. The van der Waals surface area contributed by atoms with Crippen LogP contribution in [0.5, 0.6) is 0 Å². The molecule has 0 spiro atoms. The number of unbranched alkanes of at least 4 members (excludes halogenated alkanes) is 2. The van der Waals surface area contributed by atoms with E-state index in [2.05, 4.69) is 16.9 Å². The van der Waals surface area contributed by atoms with Crippen molar-refractivity contribution in [3.63, 3.8) is 0 Å². The summed E-state index contributed by atoms with van der Waals surface area (Å²) in [6, 6.07) is 13.1. The number of rotatable bonds is 10. The van der Waals surface area contributed by atoms with Gasteiger partial charge in [0, 0.05) is 24.2 Å². The first-order valence-corrected chi connectivity index (χ1v) is 12.4. The molecule has 3 aromatic carbocycles. The standard InChI is InChI=1S/C30H28F3N3/c1-2-3-4-5-22-18-35-29(36-19-22)13-8-20-7-12-25-24(14-20)11-10-23(30(25)33)9-6-21-15-27(31)26(17-34)28(32)16-21/h7,10-12,14-16,18-19H,2-6,8-9,13H2,1H3.